The van der Waals surface area contributed by atoms with Crippen LogP contribution in [0.3, 0.4) is 0 Å². The van der Waals surface area contributed by atoms with Gasteiger partial charge in [-0.25, -0.2) is 8.42 Å². The Kier molecular flexibility index (Phi) is 5.97. The molecular formula is C17H23N3O4S. The van der Waals surface area contributed by atoms with E-state index in [4.69, 9.17) is 0 Å². The second kappa shape index (κ2) is 7.79. The molecule has 7 nitrogen and oxygen atoms in total. The van der Waals surface area contributed by atoms with Crippen LogP contribution in [0.15, 0.2) is 36.9 Å². The SMILES string of the molecule is C=CC(=O)NCc1ccc(C(=O)N2CCN(S(C)(=O)=O)[C@H](C)C2)cc1. The van der Waals surface area contributed by atoms with Gasteiger partial charge in [0.05, 0.1) is 6.26 Å². The summed E-state index contributed by atoms with van der Waals surface area (Å²) in [7, 11) is -3.26. The molecule has 0 saturated carbocycles. The average Bonchev–Trinajstić information content (AvgIpc) is 2.58. The number of piperazine rings is 1. The summed E-state index contributed by atoms with van der Waals surface area (Å²) in [4.78, 5) is 25.4. The molecule has 1 aromatic rings. The molecule has 1 aliphatic heterocycles. The fraction of sp³-hybridized carbons (Fsp3) is 0.412. The van der Waals surface area contributed by atoms with Crippen molar-refractivity contribution in [2.24, 2.45) is 0 Å². The minimum Gasteiger partial charge on any atom is -0.348 e. The van der Waals surface area contributed by atoms with Gasteiger partial charge in [-0.2, -0.15) is 4.31 Å². The van der Waals surface area contributed by atoms with Gasteiger partial charge < -0.3 is 10.2 Å². The van der Waals surface area contributed by atoms with E-state index >= 15 is 0 Å². The van der Waals surface area contributed by atoms with Gasteiger partial charge >= 0.3 is 0 Å². The fourth-order valence-electron chi connectivity index (χ4n) is 2.83. The summed E-state index contributed by atoms with van der Waals surface area (Å²) < 4.78 is 24.8. The third-order valence-electron chi connectivity index (χ3n) is 4.13. The molecule has 8 heteroatoms. The molecule has 1 heterocycles. The van der Waals surface area contributed by atoms with Crippen LogP contribution in [-0.4, -0.2) is 61.4 Å². The summed E-state index contributed by atoms with van der Waals surface area (Å²) in [6.45, 7) is 6.58. The zero-order chi connectivity index (χ0) is 18.6. The summed E-state index contributed by atoms with van der Waals surface area (Å²) in [5.41, 5.74) is 1.42. The van der Waals surface area contributed by atoms with E-state index in [0.29, 0.717) is 31.7 Å². The number of nitrogens with one attached hydrogen (secondary N) is 1. The summed E-state index contributed by atoms with van der Waals surface area (Å²) >= 11 is 0. The van der Waals surface area contributed by atoms with Crippen LogP contribution in [0.5, 0.6) is 0 Å². The number of nitrogens with zero attached hydrogens (tertiary/aromatic N) is 2. The lowest BCUT2D eigenvalue weighted by Gasteiger charge is -2.38. The fourth-order valence-corrected chi connectivity index (χ4v) is 3.96. The zero-order valence-corrected chi connectivity index (χ0v) is 15.3. The van der Waals surface area contributed by atoms with Gasteiger partial charge in [0.2, 0.25) is 15.9 Å². The first-order valence-corrected chi connectivity index (χ1v) is 9.82. The van der Waals surface area contributed by atoms with Gasteiger partial charge in [0, 0.05) is 37.8 Å². The van der Waals surface area contributed by atoms with Crippen LogP contribution in [0.25, 0.3) is 0 Å². The minimum atomic E-state index is -3.26. The Morgan fingerprint density at radius 3 is 2.44 bits per heavy atom. The molecule has 0 spiro atoms. The summed E-state index contributed by atoms with van der Waals surface area (Å²) in [6.07, 6.45) is 2.39. The molecule has 0 unspecified atom stereocenters. The topological polar surface area (TPSA) is 86.8 Å². The molecule has 1 aliphatic rings. The number of hydrogen-bond donors (Lipinski definition) is 1. The van der Waals surface area contributed by atoms with Crippen molar-refractivity contribution in [2.45, 2.75) is 19.5 Å². The quantitative estimate of drug-likeness (QED) is 0.774. The summed E-state index contributed by atoms with van der Waals surface area (Å²) in [5.74, 6) is -0.375. The zero-order valence-electron chi connectivity index (χ0n) is 14.4. The van der Waals surface area contributed by atoms with E-state index in [1.165, 1.54) is 16.6 Å². The first kappa shape index (κ1) is 19.1. The molecule has 136 valence electrons. The van der Waals surface area contributed by atoms with E-state index in [1.807, 2.05) is 0 Å². The van der Waals surface area contributed by atoms with E-state index in [2.05, 4.69) is 11.9 Å². The number of rotatable bonds is 5. The Hall–Kier alpha value is -2.19. The van der Waals surface area contributed by atoms with Crippen molar-refractivity contribution < 1.29 is 18.0 Å². The number of carbonyl (C=O) groups is 2. The van der Waals surface area contributed by atoms with Gasteiger partial charge in [-0.15, -0.1) is 0 Å². The van der Waals surface area contributed by atoms with Gasteiger partial charge in [0.1, 0.15) is 0 Å². The number of sulfonamides is 1. The van der Waals surface area contributed by atoms with Crippen molar-refractivity contribution in [3.63, 3.8) is 0 Å². The highest BCUT2D eigenvalue weighted by atomic mass is 32.2. The summed E-state index contributed by atoms with van der Waals surface area (Å²) in [5, 5.41) is 2.67. The molecule has 2 amide bonds. The highest BCUT2D eigenvalue weighted by Gasteiger charge is 2.32. The number of amides is 2. The maximum atomic E-state index is 12.6. The van der Waals surface area contributed by atoms with E-state index in [0.717, 1.165) is 5.56 Å². The third kappa shape index (κ3) is 4.90. The van der Waals surface area contributed by atoms with Crippen LogP contribution in [0.1, 0.15) is 22.8 Å². The van der Waals surface area contributed by atoms with Crippen molar-refractivity contribution in [3.8, 4) is 0 Å². The average molecular weight is 365 g/mol. The molecule has 1 atom stereocenters. The molecule has 0 aliphatic carbocycles. The first-order valence-electron chi connectivity index (χ1n) is 7.97. The van der Waals surface area contributed by atoms with Crippen LogP contribution in [0, 0.1) is 0 Å². The van der Waals surface area contributed by atoms with Crippen molar-refractivity contribution in [3.05, 3.63) is 48.0 Å². The molecule has 25 heavy (non-hydrogen) atoms. The van der Waals surface area contributed by atoms with Crippen LogP contribution < -0.4 is 5.32 Å². The molecule has 1 aromatic carbocycles. The van der Waals surface area contributed by atoms with Gasteiger partial charge in [0.15, 0.2) is 0 Å². The molecule has 1 N–H and O–H groups in total. The molecule has 0 radical (unpaired) electrons. The highest BCUT2D eigenvalue weighted by molar-refractivity contribution is 7.88. The van der Waals surface area contributed by atoms with Crippen LogP contribution >= 0.6 is 0 Å². The van der Waals surface area contributed by atoms with Gasteiger partial charge in [-0.05, 0) is 30.7 Å². The molecule has 0 aromatic heterocycles. The Labute approximate surface area is 148 Å². The number of benzene rings is 1. The normalized spacial score (nSPS) is 18.6. The van der Waals surface area contributed by atoms with Gasteiger partial charge in [-0.3, -0.25) is 9.59 Å². The second-order valence-electron chi connectivity index (χ2n) is 6.09. The van der Waals surface area contributed by atoms with Crippen molar-refractivity contribution in [2.75, 3.05) is 25.9 Å². The maximum absolute atomic E-state index is 12.6. The molecule has 0 bridgehead atoms. The van der Waals surface area contributed by atoms with Crippen LogP contribution in [0.2, 0.25) is 0 Å². The van der Waals surface area contributed by atoms with E-state index in [-0.39, 0.29) is 17.9 Å². The minimum absolute atomic E-state index is 0.123. The third-order valence-corrected chi connectivity index (χ3v) is 5.53. The lowest BCUT2D eigenvalue weighted by Crippen LogP contribution is -2.55. The smallest absolute Gasteiger partial charge is 0.253 e. The molecule has 1 saturated heterocycles. The van der Waals surface area contributed by atoms with Crippen molar-refractivity contribution in [1.29, 1.82) is 0 Å². The van der Waals surface area contributed by atoms with Crippen molar-refractivity contribution >= 4 is 21.8 Å². The lowest BCUT2D eigenvalue weighted by molar-refractivity contribution is -0.116. The maximum Gasteiger partial charge on any atom is 0.253 e. The predicted molar refractivity (Wildman–Crippen MR) is 95.4 cm³/mol. The highest BCUT2D eigenvalue weighted by Crippen LogP contribution is 2.16. The van der Waals surface area contributed by atoms with Crippen LogP contribution in [0.4, 0.5) is 0 Å². The summed E-state index contributed by atoms with van der Waals surface area (Å²) in [6, 6.07) is 6.75. The molecule has 2 rings (SSSR count). The molecular weight excluding hydrogens is 342 g/mol. The Morgan fingerprint density at radius 2 is 1.92 bits per heavy atom. The lowest BCUT2D eigenvalue weighted by atomic mass is 10.1. The standard InChI is InChI=1S/C17H23N3O4S/c1-4-16(21)18-11-14-5-7-15(8-6-14)17(22)19-9-10-20(13(2)12-19)25(3,23)24/h4-8,13H,1,9-12H2,2-3H3,(H,18,21)/t13-/m1/s1. The monoisotopic (exact) mass is 365 g/mol. The van der Waals surface area contributed by atoms with Gasteiger partial charge in [-0.1, -0.05) is 18.7 Å². The largest absolute Gasteiger partial charge is 0.348 e. The van der Waals surface area contributed by atoms with E-state index < -0.39 is 10.0 Å². The predicted octanol–water partition coefficient (Wildman–Crippen LogP) is 0.595. The Balaban J connectivity index is 1.99. The first-order chi connectivity index (χ1) is 11.7. The number of carbonyl (C=O) groups excluding carboxylic acids is 2. The number of hydrogen-bond acceptors (Lipinski definition) is 4. The Bertz CT molecular complexity index is 759. The van der Waals surface area contributed by atoms with Crippen molar-refractivity contribution in [1.82, 2.24) is 14.5 Å². The molecule has 1 fully saturated rings. The second-order valence-corrected chi connectivity index (χ2v) is 8.03. The van der Waals surface area contributed by atoms with Crippen LogP contribution in [-0.2, 0) is 21.4 Å². The van der Waals surface area contributed by atoms with E-state index in [9.17, 15) is 18.0 Å². The van der Waals surface area contributed by atoms with E-state index in [1.54, 1.807) is 36.1 Å². The Morgan fingerprint density at radius 1 is 1.28 bits per heavy atom. The van der Waals surface area contributed by atoms with Gasteiger partial charge in [0.25, 0.3) is 5.91 Å².